The van der Waals surface area contributed by atoms with Crippen LogP contribution in [-0.4, -0.2) is 58.0 Å². The fourth-order valence-corrected chi connectivity index (χ4v) is 4.48. The van der Waals surface area contributed by atoms with E-state index in [9.17, 15) is 19.1 Å². The van der Waals surface area contributed by atoms with Crippen molar-refractivity contribution in [1.29, 1.82) is 0 Å². The molecular weight excluding hydrogens is 475 g/mol. The molecule has 1 aromatic carbocycles. The van der Waals surface area contributed by atoms with E-state index in [1.807, 2.05) is 18.7 Å². The van der Waals surface area contributed by atoms with Crippen LogP contribution < -0.4 is 21.7 Å². The van der Waals surface area contributed by atoms with Gasteiger partial charge in [0.2, 0.25) is 0 Å². The number of nitrogens with two attached hydrogens (primary N) is 2. The minimum absolute atomic E-state index is 0.000816. The molecule has 9 nitrogen and oxygen atoms in total. The van der Waals surface area contributed by atoms with E-state index in [1.54, 1.807) is 18.5 Å². The zero-order chi connectivity index (χ0) is 26.7. The predicted octanol–water partition coefficient (Wildman–Crippen LogP) is 2.33. The summed E-state index contributed by atoms with van der Waals surface area (Å²) in [5.74, 6) is -1.29. The second kappa shape index (κ2) is 11.0. The molecule has 0 radical (unpaired) electrons. The number of aromatic nitrogens is 2. The summed E-state index contributed by atoms with van der Waals surface area (Å²) >= 11 is 0. The number of ketones is 1. The third kappa shape index (κ3) is 6.10. The van der Waals surface area contributed by atoms with E-state index in [-0.39, 0.29) is 58.4 Å². The van der Waals surface area contributed by atoms with Gasteiger partial charge in [0.15, 0.2) is 5.78 Å². The average Bonchev–Trinajstić information content (AvgIpc) is 2.84. The smallest absolute Gasteiger partial charge is 0.251 e. The molecule has 6 N–H and O–H groups in total. The molecule has 2 aromatic heterocycles. The number of hydrogen-bond donors (Lipinski definition) is 4. The van der Waals surface area contributed by atoms with Crippen LogP contribution in [0.2, 0.25) is 0 Å². The molecular formula is C27H31FN6O3. The first-order valence-electron chi connectivity index (χ1n) is 12.1. The zero-order valence-corrected chi connectivity index (χ0v) is 20.8. The van der Waals surface area contributed by atoms with E-state index in [2.05, 4.69) is 15.3 Å². The molecule has 0 saturated carbocycles. The first-order valence-corrected chi connectivity index (χ1v) is 12.1. The van der Waals surface area contributed by atoms with Crippen molar-refractivity contribution in [3.05, 3.63) is 71.4 Å². The normalized spacial score (nSPS) is 17.6. The summed E-state index contributed by atoms with van der Waals surface area (Å²) < 4.78 is 14.8. The summed E-state index contributed by atoms with van der Waals surface area (Å²) in [6, 6.07) is 8.52. The second-order valence-corrected chi connectivity index (χ2v) is 9.62. The molecule has 0 spiro atoms. The van der Waals surface area contributed by atoms with Gasteiger partial charge in [-0.3, -0.25) is 14.6 Å². The number of carbonyl (C=O) groups excluding carboxylic acids is 2. The van der Waals surface area contributed by atoms with Crippen LogP contribution in [0.4, 0.5) is 15.8 Å². The Kier molecular flexibility index (Phi) is 7.80. The van der Waals surface area contributed by atoms with Crippen LogP contribution in [0.5, 0.6) is 0 Å². The Balaban J connectivity index is 1.63. The number of carbonyl (C=O) groups is 2. The SMILES string of the molecule is CC(C)NC(=O)c1ccc(F)c(-c2ccc(N)c(C(=O)Cc3cnccc3N3C[C@@H](N)C[C@@H](O)C3)n2)c1. The van der Waals surface area contributed by atoms with Crippen LogP contribution in [0.25, 0.3) is 11.3 Å². The van der Waals surface area contributed by atoms with Crippen molar-refractivity contribution in [3.8, 4) is 11.3 Å². The standard InChI is InChI=1S/C27H31FN6O3/c1-15(2)32-27(37)16-3-4-21(28)20(9-16)23-6-5-22(30)26(33-23)25(36)10-17-12-31-8-7-24(17)34-13-18(29)11-19(35)14-34/h3-9,12,15,18-19,35H,10-11,13-14,29-30H2,1-2H3,(H,32,37)/t18-,19+/m0/s1. The molecule has 1 amide bonds. The number of nitrogens with zero attached hydrogens (tertiary/aromatic N) is 3. The Bertz CT molecular complexity index is 1310. The maximum atomic E-state index is 14.8. The highest BCUT2D eigenvalue weighted by molar-refractivity contribution is 6.01. The maximum absolute atomic E-state index is 14.8. The number of hydrogen-bond acceptors (Lipinski definition) is 8. The summed E-state index contributed by atoms with van der Waals surface area (Å²) in [6.07, 6.45) is 3.11. The average molecular weight is 507 g/mol. The van der Waals surface area contributed by atoms with Gasteiger partial charge in [-0.2, -0.15) is 0 Å². The van der Waals surface area contributed by atoms with Gasteiger partial charge in [0.05, 0.1) is 17.5 Å². The third-order valence-corrected chi connectivity index (χ3v) is 6.15. The second-order valence-electron chi connectivity index (χ2n) is 9.62. The van der Waals surface area contributed by atoms with Crippen molar-refractivity contribution < 1.29 is 19.1 Å². The zero-order valence-electron chi connectivity index (χ0n) is 20.8. The lowest BCUT2D eigenvalue weighted by molar-refractivity contribution is 0.0941. The molecule has 1 saturated heterocycles. The number of benzene rings is 1. The number of nitrogen functional groups attached to an aromatic ring is 1. The Morgan fingerprint density at radius 1 is 1.22 bits per heavy atom. The fourth-order valence-electron chi connectivity index (χ4n) is 4.48. The molecule has 0 bridgehead atoms. The van der Waals surface area contributed by atoms with Crippen LogP contribution in [-0.2, 0) is 6.42 Å². The lowest BCUT2D eigenvalue weighted by Crippen LogP contribution is -2.49. The number of amides is 1. The van der Waals surface area contributed by atoms with E-state index in [0.717, 1.165) is 5.69 Å². The van der Waals surface area contributed by atoms with Crippen LogP contribution in [0.3, 0.4) is 0 Å². The quantitative estimate of drug-likeness (QED) is 0.357. The monoisotopic (exact) mass is 506 g/mol. The molecule has 0 aliphatic carbocycles. The first kappa shape index (κ1) is 26.2. The van der Waals surface area contributed by atoms with Crippen LogP contribution >= 0.6 is 0 Å². The van der Waals surface area contributed by atoms with Crippen LogP contribution in [0, 0.1) is 5.82 Å². The number of nitrogens with one attached hydrogen (secondary N) is 1. The lowest BCUT2D eigenvalue weighted by Gasteiger charge is -2.36. The molecule has 3 aromatic rings. The van der Waals surface area contributed by atoms with Gasteiger partial charge >= 0.3 is 0 Å². The van der Waals surface area contributed by atoms with Crippen molar-refractivity contribution in [2.75, 3.05) is 23.7 Å². The van der Waals surface area contributed by atoms with E-state index in [4.69, 9.17) is 11.5 Å². The predicted molar refractivity (Wildman–Crippen MR) is 140 cm³/mol. The summed E-state index contributed by atoms with van der Waals surface area (Å²) in [4.78, 5) is 36.3. The molecule has 10 heteroatoms. The molecule has 194 valence electrons. The fraction of sp³-hybridized carbons (Fsp3) is 0.333. The highest BCUT2D eigenvalue weighted by Crippen LogP contribution is 2.28. The number of halogens is 1. The van der Waals surface area contributed by atoms with Crippen LogP contribution in [0.15, 0.2) is 48.8 Å². The summed E-state index contributed by atoms with van der Waals surface area (Å²) in [6.45, 7) is 4.60. The maximum Gasteiger partial charge on any atom is 0.251 e. The van der Waals surface area contributed by atoms with Crippen molar-refractivity contribution in [3.63, 3.8) is 0 Å². The van der Waals surface area contributed by atoms with Crippen molar-refractivity contribution in [1.82, 2.24) is 15.3 Å². The Morgan fingerprint density at radius 2 is 2.00 bits per heavy atom. The minimum atomic E-state index is -0.577. The van der Waals surface area contributed by atoms with Gasteiger partial charge in [0.25, 0.3) is 5.91 Å². The Hall–Kier alpha value is -3.89. The first-order chi connectivity index (χ1) is 17.6. The van der Waals surface area contributed by atoms with Gasteiger partial charge in [-0.05, 0) is 56.7 Å². The van der Waals surface area contributed by atoms with Gasteiger partial charge in [-0.15, -0.1) is 0 Å². The molecule has 2 atom stereocenters. The molecule has 37 heavy (non-hydrogen) atoms. The van der Waals surface area contributed by atoms with Crippen molar-refractivity contribution in [2.45, 2.75) is 44.9 Å². The number of aliphatic hydroxyl groups is 1. The van der Waals surface area contributed by atoms with Crippen molar-refractivity contribution in [2.24, 2.45) is 5.73 Å². The lowest BCUT2D eigenvalue weighted by atomic mass is 10.00. The van der Waals surface area contributed by atoms with Gasteiger partial charge < -0.3 is 26.8 Å². The van der Waals surface area contributed by atoms with Gasteiger partial charge in [-0.1, -0.05) is 0 Å². The number of rotatable bonds is 7. The number of anilines is 2. The van der Waals surface area contributed by atoms with E-state index < -0.39 is 11.9 Å². The number of Topliss-reactive ketones (excluding diaryl/α,β-unsaturated/α-hetero) is 1. The molecule has 1 fully saturated rings. The van der Waals surface area contributed by atoms with Gasteiger partial charge in [0.1, 0.15) is 11.5 Å². The van der Waals surface area contributed by atoms with Gasteiger partial charge in [-0.25, -0.2) is 9.37 Å². The number of aliphatic hydroxyl groups excluding tert-OH is 1. The largest absolute Gasteiger partial charge is 0.397 e. The van der Waals surface area contributed by atoms with E-state index in [0.29, 0.717) is 25.1 Å². The third-order valence-electron chi connectivity index (χ3n) is 6.15. The minimum Gasteiger partial charge on any atom is -0.397 e. The highest BCUT2D eigenvalue weighted by Gasteiger charge is 2.26. The molecule has 0 unspecified atom stereocenters. The Labute approximate surface area is 214 Å². The summed E-state index contributed by atoms with van der Waals surface area (Å²) in [7, 11) is 0. The Morgan fingerprint density at radius 3 is 2.73 bits per heavy atom. The number of piperidine rings is 1. The van der Waals surface area contributed by atoms with Crippen molar-refractivity contribution >= 4 is 23.1 Å². The van der Waals surface area contributed by atoms with E-state index in [1.165, 1.54) is 30.3 Å². The molecule has 4 rings (SSSR count). The molecule has 3 heterocycles. The summed E-state index contributed by atoms with van der Waals surface area (Å²) in [5, 5.41) is 12.9. The summed E-state index contributed by atoms with van der Waals surface area (Å²) in [5.41, 5.74) is 14.3. The topological polar surface area (TPSA) is 147 Å². The molecule has 1 aliphatic heterocycles. The highest BCUT2D eigenvalue weighted by atomic mass is 19.1. The number of pyridine rings is 2. The molecule has 1 aliphatic rings. The van der Waals surface area contributed by atoms with Gasteiger partial charge in [0, 0.05) is 66.4 Å². The number of β-amino-alcohol motifs (C(OH)–C–C–N with tert-alkyl or cyclic N) is 1. The van der Waals surface area contributed by atoms with E-state index >= 15 is 0 Å². The van der Waals surface area contributed by atoms with Crippen LogP contribution in [0.1, 0.15) is 46.7 Å².